The molecule has 0 aliphatic rings. The first kappa shape index (κ1) is 12.3. The first-order chi connectivity index (χ1) is 7.47. The molecular formula is C9H9NO5S. The van der Waals surface area contributed by atoms with E-state index < -0.39 is 15.0 Å². The largest absolute Gasteiger partial charge is 0.297 e. The van der Waals surface area contributed by atoms with Crippen molar-refractivity contribution in [3.63, 3.8) is 0 Å². The number of benzene rings is 1. The monoisotopic (exact) mass is 243 g/mol. The van der Waals surface area contributed by atoms with Crippen LogP contribution in [0.15, 0.2) is 41.8 Å². The number of nitrogens with zero attached hydrogens (tertiary/aromatic N) is 1. The summed E-state index contributed by atoms with van der Waals surface area (Å²) in [5.74, 6) is 0. The van der Waals surface area contributed by atoms with Crippen molar-refractivity contribution in [3.8, 4) is 0 Å². The van der Waals surface area contributed by atoms with Gasteiger partial charge in [-0.05, 0) is 6.07 Å². The number of hydrogen-bond donors (Lipinski definition) is 0. The van der Waals surface area contributed by atoms with E-state index in [1.807, 2.05) is 0 Å². The fraction of sp³-hybridized carbons (Fsp3) is 0.111. The van der Waals surface area contributed by atoms with Crippen molar-refractivity contribution in [3.05, 3.63) is 47.0 Å². The molecule has 0 atom stereocenters. The second-order valence-corrected chi connectivity index (χ2v) is 4.40. The standard InChI is InChI=1S/C9H9NO5S/c1-2-6-15-16(13,14)9-5-3-4-8(7-9)10(11)12/h2-5,7H,1,6H2. The van der Waals surface area contributed by atoms with Gasteiger partial charge in [0.15, 0.2) is 0 Å². The van der Waals surface area contributed by atoms with Crippen molar-refractivity contribution in [1.29, 1.82) is 0 Å². The molecule has 0 heterocycles. The number of rotatable bonds is 5. The third kappa shape index (κ3) is 2.88. The van der Waals surface area contributed by atoms with E-state index in [1.165, 1.54) is 24.3 Å². The Morgan fingerprint density at radius 3 is 2.75 bits per heavy atom. The number of hydrogen-bond acceptors (Lipinski definition) is 5. The van der Waals surface area contributed by atoms with Crippen LogP contribution in [0.3, 0.4) is 0 Å². The third-order valence-electron chi connectivity index (χ3n) is 1.66. The fourth-order valence-electron chi connectivity index (χ4n) is 0.958. The third-order valence-corrected chi connectivity index (χ3v) is 2.94. The van der Waals surface area contributed by atoms with Gasteiger partial charge in [-0.15, -0.1) is 6.58 Å². The molecule has 86 valence electrons. The minimum absolute atomic E-state index is 0.176. The summed E-state index contributed by atoms with van der Waals surface area (Å²) in [5.41, 5.74) is -0.303. The lowest BCUT2D eigenvalue weighted by molar-refractivity contribution is -0.385. The predicted octanol–water partition coefficient (Wildman–Crippen LogP) is 1.49. The van der Waals surface area contributed by atoms with Crippen LogP contribution in [-0.2, 0) is 14.3 Å². The van der Waals surface area contributed by atoms with Gasteiger partial charge in [-0.3, -0.25) is 14.3 Å². The first-order valence-corrected chi connectivity index (χ1v) is 5.63. The van der Waals surface area contributed by atoms with Crippen molar-refractivity contribution in [2.24, 2.45) is 0 Å². The molecule has 1 aromatic rings. The molecule has 0 aliphatic heterocycles. The summed E-state index contributed by atoms with van der Waals surface area (Å²) in [5, 5.41) is 10.4. The van der Waals surface area contributed by atoms with Gasteiger partial charge in [-0.1, -0.05) is 12.1 Å². The lowest BCUT2D eigenvalue weighted by atomic mass is 10.3. The van der Waals surface area contributed by atoms with Crippen LogP contribution >= 0.6 is 0 Å². The van der Waals surface area contributed by atoms with Gasteiger partial charge in [-0.25, -0.2) is 0 Å². The summed E-state index contributed by atoms with van der Waals surface area (Å²) in [6, 6.07) is 4.65. The minimum atomic E-state index is -3.95. The molecule has 0 N–H and O–H groups in total. The van der Waals surface area contributed by atoms with E-state index in [2.05, 4.69) is 10.8 Å². The van der Waals surface area contributed by atoms with Crippen molar-refractivity contribution < 1.29 is 17.5 Å². The topological polar surface area (TPSA) is 86.5 Å². The molecule has 16 heavy (non-hydrogen) atoms. The Hall–Kier alpha value is -1.73. The summed E-state index contributed by atoms with van der Waals surface area (Å²) in [6.45, 7) is 3.13. The molecule has 0 aliphatic carbocycles. The Kier molecular flexibility index (Phi) is 3.75. The second-order valence-electron chi connectivity index (χ2n) is 2.78. The van der Waals surface area contributed by atoms with Crippen LogP contribution in [0.2, 0.25) is 0 Å². The Morgan fingerprint density at radius 2 is 2.19 bits per heavy atom. The van der Waals surface area contributed by atoms with E-state index in [0.29, 0.717) is 0 Å². The number of nitro groups is 1. The quantitative estimate of drug-likeness (QED) is 0.338. The number of non-ortho nitro benzene ring substituents is 1. The zero-order chi connectivity index (χ0) is 12.2. The molecule has 1 rings (SSSR count). The van der Waals surface area contributed by atoms with E-state index in [9.17, 15) is 18.5 Å². The Morgan fingerprint density at radius 1 is 1.50 bits per heavy atom. The Bertz CT molecular complexity index is 508. The van der Waals surface area contributed by atoms with Crippen LogP contribution < -0.4 is 0 Å². The second kappa shape index (κ2) is 4.86. The summed E-state index contributed by atoms with van der Waals surface area (Å²) in [7, 11) is -3.95. The van der Waals surface area contributed by atoms with Crippen molar-refractivity contribution >= 4 is 15.8 Å². The summed E-state index contributed by atoms with van der Waals surface area (Å²) >= 11 is 0. The summed E-state index contributed by atoms with van der Waals surface area (Å²) in [6.07, 6.45) is 1.27. The van der Waals surface area contributed by atoms with Crippen LogP contribution in [0.5, 0.6) is 0 Å². The van der Waals surface area contributed by atoms with E-state index in [1.54, 1.807) is 0 Å². The van der Waals surface area contributed by atoms with Crippen LogP contribution in [0.25, 0.3) is 0 Å². The average Bonchev–Trinajstić information content (AvgIpc) is 2.26. The lowest BCUT2D eigenvalue weighted by Crippen LogP contribution is -2.06. The van der Waals surface area contributed by atoms with Gasteiger partial charge >= 0.3 is 0 Å². The zero-order valence-electron chi connectivity index (χ0n) is 8.20. The van der Waals surface area contributed by atoms with Crippen LogP contribution in [-0.4, -0.2) is 19.9 Å². The van der Waals surface area contributed by atoms with Crippen LogP contribution in [0, 0.1) is 10.1 Å². The molecule has 1 aromatic carbocycles. The van der Waals surface area contributed by atoms with Gasteiger partial charge in [0.25, 0.3) is 15.8 Å². The highest BCUT2D eigenvalue weighted by Gasteiger charge is 2.17. The van der Waals surface area contributed by atoms with Crippen molar-refractivity contribution in [2.75, 3.05) is 6.61 Å². The Balaban J connectivity index is 3.08. The molecule has 0 unspecified atom stereocenters. The number of nitro benzene ring substituents is 1. The predicted molar refractivity (Wildman–Crippen MR) is 56.4 cm³/mol. The van der Waals surface area contributed by atoms with Crippen molar-refractivity contribution in [2.45, 2.75) is 4.90 Å². The zero-order valence-corrected chi connectivity index (χ0v) is 9.01. The molecule has 0 fully saturated rings. The van der Waals surface area contributed by atoms with Gasteiger partial charge in [-0.2, -0.15) is 8.42 Å². The van der Waals surface area contributed by atoms with E-state index >= 15 is 0 Å². The van der Waals surface area contributed by atoms with Crippen molar-refractivity contribution in [1.82, 2.24) is 0 Å². The molecule has 0 bridgehead atoms. The maximum absolute atomic E-state index is 11.5. The Labute approximate surface area is 92.4 Å². The SMILES string of the molecule is C=CCOS(=O)(=O)c1cccc([N+](=O)[O-])c1. The van der Waals surface area contributed by atoms with Gasteiger partial charge in [0.1, 0.15) is 4.90 Å². The van der Waals surface area contributed by atoms with Crippen LogP contribution in [0.1, 0.15) is 0 Å². The highest BCUT2D eigenvalue weighted by atomic mass is 32.2. The maximum atomic E-state index is 11.5. The van der Waals surface area contributed by atoms with E-state index in [0.717, 1.165) is 6.07 Å². The van der Waals surface area contributed by atoms with Gasteiger partial charge in [0.2, 0.25) is 0 Å². The smallest absolute Gasteiger partial charge is 0.262 e. The molecule has 0 saturated heterocycles. The maximum Gasteiger partial charge on any atom is 0.297 e. The van der Waals surface area contributed by atoms with Gasteiger partial charge in [0.05, 0.1) is 11.5 Å². The molecule has 0 radical (unpaired) electrons. The summed E-state index contributed by atoms with van der Waals surface area (Å²) < 4.78 is 27.5. The average molecular weight is 243 g/mol. The highest BCUT2D eigenvalue weighted by Crippen LogP contribution is 2.18. The van der Waals surface area contributed by atoms with Gasteiger partial charge < -0.3 is 0 Å². The molecule has 0 aromatic heterocycles. The minimum Gasteiger partial charge on any atom is -0.262 e. The molecule has 0 saturated carbocycles. The normalized spacial score (nSPS) is 11.0. The lowest BCUT2D eigenvalue weighted by Gasteiger charge is -2.02. The molecule has 7 heteroatoms. The van der Waals surface area contributed by atoms with E-state index in [4.69, 9.17) is 0 Å². The molecular weight excluding hydrogens is 234 g/mol. The summed E-state index contributed by atoms with van der Waals surface area (Å²) in [4.78, 5) is 9.53. The fourth-order valence-corrected chi connectivity index (χ4v) is 1.88. The molecule has 6 nitrogen and oxygen atoms in total. The van der Waals surface area contributed by atoms with Crippen LogP contribution in [0.4, 0.5) is 5.69 Å². The highest BCUT2D eigenvalue weighted by molar-refractivity contribution is 7.86. The first-order valence-electron chi connectivity index (χ1n) is 4.22. The molecule has 0 amide bonds. The molecule has 0 spiro atoms. The van der Waals surface area contributed by atoms with E-state index in [-0.39, 0.29) is 17.2 Å². The van der Waals surface area contributed by atoms with Gasteiger partial charge in [0, 0.05) is 12.1 Å².